The van der Waals surface area contributed by atoms with Crippen LogP contribution in [0.3, 0.4) is 0 Å². The van der Waals surface area contributed by atoms with E-state index >= 15 is 0 Å². The number of aldehydes is 1. The molecule has 0 amide bonds. The van der Waals surface area contributed by atoms with Crippen molar-refractivity contribution < 1.29 is 9.53 Å². The molecule has 0 aromatic rings. The highest BCUT2D eigenvalue weighted by Crippen LogP contribution is 2.56. The highest BCUT2D eigenvalue weighted by molar-refractivity contribution is 5.73. The van der Waals surface area contributed by atoms with Gasteiger partial charge in [0.1, 0.15) is 5.60 Å². The van der Waals surface area contributed by atoms with Gasteiger partial charge in [-0.1, -0.05) is 33.6 Å². The molecule has 3 unspecified atom stereocenters. The van der Waals surface area contributed by atoms with Gasteiger partial charge in [0.05, 0.1) is 6.10 Å². The summed E-state index contributed by atoms with van der Waals surface area (Å²) in [6.07, 6.45) is 2.77. The minimum absolute atomic E-state index is 0.186. The second kappa shape index (κ2) is 4.59. The molecule has 0 bridgehead atoms. The van der Waals surface area contributed by atoms with Gasteiger partial charge in [-0.2, -0.15) is 0 Å². The molecule has 0 saturated heterocycles. The van der Waals surface area contributed by atoms with Crippen LogP contribution in [-0.2, 0) is 9.53 Å². The van der Waals surface area contributed by atoms with Gasteiger partial charge in [-0.15, -0.1) is 0 Å². The quantitative estimate of drug-likeness (QED) is 0.542. The highest BCUT2D eigenvalue weighted by atomic mass is 16.5. The number of ether oxygens (including phenoxy) is 1. The maximum Gasteiger partial charge on any atom is 0.192 e. The van der Waals surface area contributed by atoms with Crippen molar-refractivity contribution in [1.29, 1.82) is 0 Å². The Morgan fingerprint density at radius 3 is 2.56 bits per heavy atom. The third-order valence-corrected chi connectivity index (χ3v) is 3.28. The largest absolute Gasteiger partial charge is 0.359 e. The van der Waals surface area contributed by atoms with E-state index < -0.39 is 0 Å². The van der Waals surface area contributed by atoms with Crippen molar-refractivity contribution in [3.63, 3.8) is 0 Å². The van der Waals surface area contributed by atoms with E-state index in [1.807, 2.05) is 0 Å². The average molecular weight is 222 g/mol. The van der Waals surface area contributed by atoms with Crippen molar-refractivity contribution in [2.24, 2.45) is 11.3 Å². The molecule has 1 aliphatic rings. The Hall–Kier alpha value is -0.810. The van der Waals surface area contributed by atoms with Gasteiger partial charge in [0.25, 0.3) is 0 Å². The third kappa shape index (κ3) is 2.86. The average Bonchev–Trinajstić information content (AvgIpc) is 2.90. The van der Waals surface area contributed by atoms with E-state index in [4.69, 9.17) is 4.74 Å². The van der Waals surface area contributed by atoms with E-state index in [2.05, 4.69) is 46.5 Å². The van der Waals surface area contributed by atoms with Gasteiger partial charge in [-0.25, -0.2) is 0 Å². The number of carbonyl (C=O) groups is 1. The number of carbonyl (C=O) groups excluding carboxylic acids is 1. The molecule has 1 rings (SSSR count). The number of hydrogen-bond donors (Lipinski definition) is 0. The fraction of sp³-hybridized carbons (Fsp3) is 0.786. The first kappa shape index (κ1) is 13.3. The van der Waals surface area contributed by atoms with Crippen molar-refractivity contribution in [3.05, 3.63) is 0 Å². The molecule has 2 heteroatoms. The minimum Gasteiger partial charge on any atom is -0.359 e. The highest BCUT2D eigenvalue weighted by Gasteiger charge is 2.60. The summed E-state index contributed by atoms with van der Waals surface area (Å²) in [6.45, 7) is 10.7. The topological polar surface area (TPSA) is 26.3 Å². The zero-order valence-electron chi connectivity index (χ0n) is 11.0. The summed E-state index contributed by atoms with van der Waals surface area (Å²) in [5.74, 6) is 5.96. The molecule has 3 atom stereocenters. The molecular formula is C14H22O2. The Morgan fingerprint density at radius 2 is 2.19 bits per heavy atom. The summed E-state index contributed by atoms with van der Waals surface area (Å²) >= 11 is 0. The van der Waals surface area contributed by atoms with E-state index in [0.717, 1.165) is 12.8 Å². The first-order valence-corrected chi connectivity index (χ1v) is 6.00. The van der Waals surface area contributed by atoms with Crippen molar-refractivity contribution in [2.75, 3.05) is 0 Å². The molecule has 0 aromatic carbocycles. The Kier molecular flexibility index (Phi) is 3.80. The molecule has 0 radical (unpaired) electrons. The SMILES string of the molecule is CCC(C)OC1(C#CC=O)CC1C(C)(C)C. The van der Waals surface area contributed by atoms with Gasteiger partial charge in [-0.3, -0.25) is 4.79 Å². The van der Waals surface area contributed by atoms with Crippen LogP contribution >= 0.6 is 0 Å². The zero-order chi connectivity index (χ0) is 12.4. The molecule has 1 aliphatic carbocycles. The Balaban J connectivity index is 2.79. The molecule has 1 fully saturated rings. The van der Waals surface area contributed by atoms with Crippen LogP contribution in [0.1, 0.15) is 47.5 Å². The van der Waals surface area contributed by atoms with Crippen LogP contribution in [0, 0.1) is 23.2 Å². The fourth-order valence-electron chi connectivity index (χ4n) is 2.14. The first-order chi connectivity index (χ1) is 7.35. The minimum atomic E-state index is -0.366. The smallest absolute Gasteiger partial charge is 0.192 e. The van der Waals surface area contributed by atoms with Crippen LogP contribution in [0.25, 0.3) is 0 Å². The normalized spacial score (nSPS) is 30.2. The van der Waals surface area contributed by atoms with Crippen LogP contribution in [0.2, 0.25) is 0 Å². The molecule has 2 nitrogen and oxygen atoms in total. The summed E-state index contributed by atoms with van der Waals surface area (Å²) in [4.78, 5) is 10.4. The summed E-state index contributed by atoms with van der Waals surface area (Å²) in [6, 6.07) is 0. The molecule has 16 heavy (non-hydrogen) atoms. The van der Waals surface area contributed by atoms with E-state index in [-0.39, 0.29) is 17.1 Å². The van der Waals surface area contributed by atoms with E-state index in [1.54, 1.807) is 0 Å². The van der Waals surface area contributed by atoms with Gasteiger partial charge in [0.2, 0.25) is 0 Å². The lowest BCUT2D eigenvalue weighted by Crippen LogP contribution is -2.26. The monoisotopic (exact) mass is 222 g/mol. The predicted molar refractivity (Wildman–Crippen MR) is 65.0 cm³/mol. The summed E-state index contributed by atoms with van der Waals surface area (Å²) in [7, 11) is 0. The van der Waals surface area contributed by atoms with Crippen LogP contribution in [0.5, 0.6) is 0 Å². The number of rotatable bonds is 3. The second-order valence-electron chi connectivity index (χ2n) is 5.74. The zero-order valence-corrected chi connectivity index (χ0v) is 11.0. The van der Waals surface area contributed by atoms with Crippen molar-refractivity contribution in [1.82, 2.24) is 0 Å². The molecule has 1 saturated carbocycles. The van der Waals surface area contributed by atoms with Crippen molar-refractivity contribution in [3.8, 4) is 11.8 Å². The summed E-state index contributed by atoms with van der Waals surface area (Å²) < 4.78 is 6.01. The van der Waals surface area contributed by atoms with Gasteiger partial charge >= 0.3 is 0 Å². The molecule has 0 aromatic heterocycles. The fourth-order valence-corrected chi connectivity index (χ4v) is 2.14. The maximum absolute atomic E-state index is 10.4. The Morgan fingerprint density at radius 1 is 1.56 bits per heavy atom. The molecule has 0 aliphatic heterocycles. The van der Waals surface area contributed by atoms with Gasteiger partial charge in [0, 0.05) is 5.92 Å². The Bertz CT molecular complexity index is 316. The number of hydrogen-bond acceptors (Lipinski definition) is 2. The lowest BCUT2D eigenvalue weighted by Gasteiger charge is -2.24. The lowest BCUT2D eigenvalue weighted by atomic mass is 9.88. The van der Waals surface area contributed by atoms with Crippen molar-refractivity contribution >= 4 is 6.29 Å². The third-order valence-electron chi connectivity index (χ3n) is 3.28. The standard InChI is InChI=1S/C14H22O2/c1-6-11(2)16-14(8-7-9-15)10-12(14)13(3,4)5/h9,11-12H,6,10H2,1-5H3. The van der Waals surface area contributed by atoms with E-state index in [1.165, 1.54) is 0 Å². The second-order valence-corrected chi connectivity index (χ2v) is 5.74. The molecular weight excluding hydrogens is 200 g/mol. The van der Waals surface area contributed by atoms with Crippen LogP contribution in [0.4, 0.5) is 0 Å². The van der Waals surface area contributed by atoms with E-state index in [9.17, 15) is 4.79 Å². The molecule has 90 valence electrons. The van der Waals surface area contributed by atoms with E-state index in [0.29, 0.717) is 12.2 Å². The molecule has 0 spiro atoms. The van der Waals surface area contributed by atoms with Crippen molar-refractivity contribution in [2.45, 2.75) is 59.2 Å². The molecule has 0 heterocycles. The summed E-state index contributed by atoms with van der Waals surface area (Å²) in [5, 5.41) is 0. The predicted octanol–water partition coefficient (Wildman–Crippen LogP) is 2.81. The van der Waals surface area contributed by atoms with Gasteiger partial charge < -0.3 is 4.74 Å². The Labute approximate surface area is 98.8 Å². The maximum atomic E-state index is 10.4. The van der Waals surface area contributed by atoms with Crippen LogP contribution < -0.4 is 0 Å². The van der Waals surface area contributed by atoms with Crippen LogP contribution in [-0.4, -0.2) is 18.0 Å². The first-order valence-electron chi connectivity index (χ1n) is 6.00. The summed E-state index contributed by atoms with van der Waals surface area (Å²) in [5.41, 5.74) is -0.181. The van der Waals surface area contributed by atoms with Gasteiger partial charge in [-0.05, 0) is 31.1 Å². The van der Waals surface area contributed by atoms with Gasteiger partial charge in [0.15, 0.2) is 6.29 Å². The molecule has 0 N–H and O–H groups in total. The van der Waals surface area contributed by atoms with Crippen LogP contribution in [0.15, 0.2) is 0 Å². The lowest BCUT2D eigenvalue weighted by molar-refractivity contribution is -0.103.